The molecule has 2 aromatic heterocycles. The van der Waals surface area contributed by atoms with Gasteiger partial charge < -0.3 is 5.32 Å². The fraction of sp³-hybridized carbons (Fsp3) is 0.278. The number of fused-ring (bicyclic) bond motifs is 1. The van der Waals surface area contributed by atoms with Crippen LogP contribution in [0, 0.1) is 0 Å². The standard InChI is InChI=1S/C18H19N5O/c1-22-16-9-5-8-15(14(16)10-20-22)21-18(24)17-11-19-12-23(17)13-6-3-2-4-7-13/h2-4,6-7,10-12,15H,5,8-9H2,1H3,(H,21,24). The largest absolute Gasteiger partial charge is 0.344 e. The number of carbonyl (C=O) groups excluding carboxylic acids is 1. The van der Waals surface area contributed by atoms with Gasteiger partial charge in [-0.1, -0.05) is 18.2 Å². The molecule has 4 rings (SSSR count). The number of carbonyl (C=O) groups is 1. The topological polar surface area (TPSA) is 64.7 Å². The molecular weight excluding hydrogens is 302 g/mol. The summed E-state index contributed by atoms with van der Waals surface area (Å²) >= 11 is 0. The van der Waals surface area contributed by atoms with Crippen molar-refractivity contribution in [1.82, 2.24) is 24.6 Å². The lowest BCUT2D eigenvalue weighted by atomic mass is 9.93. The lowest BCUT2D eigenvalue weighted by Crippen LogP contribution is -2.32. The van der Waals surface area contributed by atoms with Gasteiger partial charge in [-0.2, -0.15) is 5.10 Å². The predicted octanol–water partition coefficient (Wildman–Crippen LogP) is 2.41. The quantitative estimate of drug-likeness (QED) is 0.806. The van der Waals surface area contributed by atoms with Gasteiger partial charge in [-0.05, 0) is 31.4 Å². The summed E-state index contributed by atoms with van der Waals surface area (Å²) < 4.78 is 3.71. The minimum Gasteiger partial charge on any atom is -0.344 e. The Hall–Kier alpha value is -2.89. The van der Waals surface area contributed by atoms with Crippen LogP contribution in [-0.4, -0.2) is 25.2 Å². The summed E-state index contributed by atoms with van der Waals surface area (Å²) in [7, 11) is 1.95. The second-order valence-corrected chi connectivity index (χ2v) is 6.07. The van der Waals surface area contributed by atoms with Crippen LogP contribution >= 0.6 is 0 Å². The number of nitrogens with zero attached hydrogens (tertiary/aromatic N) is 4. The molecule has 1 atom stereocenters. The number of nitrogens with one attached hydrogen (secondary N) is 1. The molecule has 6 nitrogen and oxygen atoms in total. The third-order valence-corrected chi connectivity index (χ3v) is 4.59. The number of hydrogen-bond acceptors (Lipinski definition) is 3. The van der Waals surface area contributed by atoms with Gasteiger partial charge in [-0.25, -0.2) is 4.98 Å². The first-order valence-electron chi connectivity index (χ1n) is 8.13. The van der Waals surface area contributed by atoms with Crippen molar-refractivity contribution in [1.29, 1.82) is 0 Å². The molecule has 122 valence electrons. The molecule has 0 saturated heterocycles. The molecule has 24 heavy (non-hydrogen) atoms. The van der Waals surface area contributed by atoms with Gasteiger partial charge >= 0.3 is 0 Å². The van der Waals surface area contributed by atoms with Crippen LogP contribution in [0.2, 0.25) is 0 Å². The van der Waals surface area contributed by atoms with Crippen molar-refractivity contribution in [3.8, 4) is 5.69 Å². The van der Waals surface area contributed by atoms with Gasteiger partial charge in [0.25, 0.3) is 5.91 Å². The van der Waals surface area contributed by atoms with Gasteiger partial charge in [0.15, 0.2) is 0 Å². The summed E-state index contributed by atoms with van der Waals surface area (Å²) in [6.07, 6.45) is 8.14. The average molecular weight is 321 g/mol. The van der Waals surface area contributed by atoms with Gasteiger partial charge in [0.2, 0.25) is 0 Å². The first kappa shape index (κ1) is 14.7. The van der Waals surface area contributed by atoms with Crippen molar-refractivity contribution in [2.24, 2.45) is 7.05 Å². The number of amides is 1. The van der Waals surface area contributed by atoms with Crippen molar-refractivity contribution < 1.29 is 4.79 Å². The van der Waals surface area contributed by atoms with E-state index in [9.17, 15) is 4.79 Å². The summed E-state index contributed by atoms with van der Waals surface area (Å²) in [5.41, 5.74) is 3.80. The molecular formula is C18H19N5O. The van der Waals surface area contributed by atoms with Gasteiger partial charge in [0.05, 0.1) is 24.8 Å². The van der Waals surface area contributed by atoms with E-state index in [2.05, 4.69) is 15.4 Å². The molecule has 0 radical (unpaired) electrons. The molecule has 1 aliphatic carbocycles. The van der Waals surface area contributed by atoms with Gasteiger partial charge in [-0.15, -0.1) is 0 Å². The highest BCUT2D eigenvalue weighted by atomic mass is 16.2. The Morgan fingerprint density at radius 3 is 2.92 bits per heavy atom. The summed E-state index contributed by atoms with van der Waals surface area (Å²) in [6.45, 7) is 0. The van der Waals surface area contributed by atoms with Crippen molar-refractivity contribution in [2.45, 2.75) is 25.3 Å². The zero-order valence-corrected chi connectivity index (χ0v) is 13.5. The van der Waals surface area contributed by atoms with E-state index in [1.54, 1.807) is 12.5 Å². The first-order chi connectivity index (χ1) is 11.7. The molecule has 0 saturated carbocycles. The maximum absolute atomic E-state index is 12.8. The van der Waals surface area contributed by atoms with E-state index in [0.717, 1.165) is 30.5 Å². The Bertz CT molecular complexity index is 865. The highest BCUT2D eigenvalue weighted by Gasteiger charge is 2.26. The van der Waals surface area contributed by atoms with Crippen LogP contribution in [0.3, 0.4) is 0 Å². The van der Waals surface area contributed by atoms with E-state index >= 15 is 0 Å². The van der Waals surface area contributed by atoms with E-state index < -0.39 is 0 Å². The number of benzene rings is 1. The normalized spacial score (nSPS) is 16.6. The molecule has 1 amide bonds. The molecule has 1 N–H and O–H groups in total. The van der Waals surface area contributed by atoms with E-state index in [1.807, 2.05) is 52.8 Å². The zero-order valence-electron chi connectivity index (χ0n) is 13.5. The summed E-state index contributed by atoms with van der Waals surface area (Å²) in [5.74, 6) is -0.113. The second-order valence-electron chi connectivity index (χ2n) is 6.07. The Labute approximate surface area is 140 Å². The van der Waals surface area contributed by atoms with Crippen molar-refractivity contribution >= 4 is 5.91 Å². The maximum atomic E-state index is 12.8. The molecule has 6 heteroatoms. The highest BCUT2D eigenvalue weighted by Crippen LogP contribution is 2.29. The van der Waals surface area contributed by atoms with Crippen LogP contribution in [0.1, 0.15) is 40.6 Å². The summed E-state index contributed by atoms with van der Waals surface area (Å²) in [4.78, 5) is 16.9. The third kappa shape index (κ3) is 2.50. The lowest BCUT2D eigenvalue weighted by Gasteiger charge is -2.24. The van der Waals surface area contributed by atoms with E-state index in [1.165, 1.54) is 5.69 Å². The van der Waals surface area contributed by atoms with Crippen molar-refractivity contribution in [3.63, 3.8) is 0 Å². The molecule has 0 fully saturated rings. The minimum absolute atomic E-state index is 0.00840. The molecule has 1 aromatic carbocycles. The maximum Gasteiger partial charge on any atom is 0.270 e. The van der Waals surface area contributed by atoms with Crippen molar-refractivity contribution in [2.75, 3.05) is 0 Å². The van der Waals surface area contributed by atoms with Gasteiger partial charge in [0, 0.05) is 24.0 Å². The van der Waals surface area contributed by atoms with Crippen LogP contribution in [0.4, 0.5) is 0 Å². The van der Waals surface area contributed by atoms with Crippen molar-refractivity contribution in [3.05, 3.63) is 66.0 Å². The monoisotopic (exact) mass is 321 g/mol. The molecule has 1 aliphatic rings. The number of para-hydroxylation sites is 1. The fourth-order valence-electron chi connectivity index (χ4n) is 3.35. The number of aryl methyl sites for hydroxylation is 1. The van der Waals surface area contributed by atoms with E-state index in [-0.39, 0.29) is 11.9 Å². The minimum atomic E-state index is -0.113. The van der Waals surface area contributed by atoms with Gasteiger partial charge in [-0.3, -0.25) is 14.0 Å². The van der Waals surface area contributed by atoms with Crippen LogP contribution < -0.4 is 5.32 Å². The van der Waals surface area contributed by atoms with Crippen LogP contribution in [0.5, 0.6) is 0 Å². The molecule has 2 heterocycles. The second kappa shape index (κ2) is 5.96. The number of rotatable bonds is 3. The number of imidazole rings is 1. The third-order valence-electron chi connectivity index (χ3n) is 4.59. The molecule has 3 aromatic rings. The molecule has 0 aliphatic heterocycles. The predicted molar refractivity (Wildman–Crippen MR) is 89.9 cm³/mol. The number of aromatic nitrogens is 4. The highest BCUT2D eigenvalue weighted by molar-refractivity contribution is 5.93. The lowest BCUT2D eigenvalue weighted by molar-refractivity contribution is 0.0925. The van der Waals surface area contributed by atoms with Crippen LogP contribution in [0.15, 0.2) is 49.1 Å². The Morgan fingerprint density at radius 2 is 2.08 bits per heavy atom. The average Bonchev–Trinajstić information content (AvgIpc) is 3.24. The molecule has 0 bridgehead atoms. The first-order valence-corrected chi connectivity index (χ1v) is 8.13. The fourth-order valence-corrected chi connectivity index (χ4v) is 3.35. The summed E-state index contributed by atoms with van der Waals surface area (Å²) in [6, 6.07) is 9.76. The van der Waals surface area contributed by atoms with Crippen LogP contribution in [-0.2, 0) is 13.5 Å². The Kier molecular flexibility index (Phi) is 3.65. The van der Waals surface area contributed by atoms with Gasteiger partial charge in [0.1, 0.15) is 5.69 Å². The molecule has 0 spiro atoms. The van der Waals surface area contributed by atoms with Crippen LogP contribution in [0.25, 0.3) is 5.69 Å². The summed E-state index contributed by atoms with van der Waals surface area (Å²) in [5, 5.41) is 7.48. The van der Waals surface area contributed by atoms with E-state index in [4.69, 9.17) is 0 Å². The molecule has 1 unspecified atom stereocenters. The zero-order chi connectivity index (χ0) is 16.5. The number of hydrogen-bond donors (Lipinski definition) is 1. The van der Waals surface area contributed by atoms with E-state index in [0.29, 0.717) is 5.69 Å². The Balaban J connectivity index is 1.60. The smallest absolute Gasteiger partial charge is 0.270 e. The SMILES string of the molecule is Cn1ncc2c1CCCC2NC(=O)c1cncn1-c1ccccc1. The Morgan fingerprint density at radius 1 is 1.25 bits per heavy atom.